The van der Waals surface area contributed by atoms with E-state index in [0.717, 1.165) is 19.5 Å². The quantitative estimate of drug-likeness (QED) is 0.621. The van der Waals surface area contributed by atoms with E-state index in [1.54, 1.807) is 6.20 Å². The number of H-pyrrole nitrogens is 1. The number of amides is 1. The molecule has 1 fully saturated rings. The standard InChI is InChI=1S/C8H10IN3O/c9-6-1-2-12(4-6)8(13)7-3-10-5-11-7/h3,5-6H,1-2,4H2,(H,10,11). The van der Waals surface area contributed by atoms with Crippen molar-refractivity contribution < 1.29 is 4.79 Å². The van der Waals surface area contributed by atoms with Gasteiger partial charge in [0, 0.05) is 17.0 Å². The first-order valence-corrected chi connectivity index (χ1v) is 5.43. The summed E-state index contributed by atoms with van der Waals surface area (Å²) < 4.78 is 0.601. The highest BCUT2D eigenvalue weighted by atomic mass is 127. The molecule has 2 heterocycles. The van der Waals surface area contributed by atoms with Crippen molar-refractivity contribution >= 4 is 28.5 Å². The first-order chi connectivity index (χ1) is 6.27. The van der Waals surface area contributed by atoms with Gasteiger partial charge in [-0.05, 0) is 6.42 Å². The summed E-state index contributed by atoms with van der Waals surface area (Å²) in [6, 6.07) is 0. The van der Waals surface area contributed by atoms with Crippen LogP contribution in [0.25, 0.3) is 0 Å². The second-order valence-corrected chi connectivity index (χ2v) is 4.86. The molecule has 1 aliphatic heterocycles. The number of hydrogen-bond acceptors (Lipinski definition) is 2. The van der Waals surface area contributed by atoms with E-state index in [1.807, 2.05) is 4.90 Å². The molecule has 0 spiro atoms. The fourth-order valence-electron chi connectivity index (χ4n) is 1.45. The van der Waals surface area contributed by atoms with E-state index in [2.05, 4.69) is 32.6 Å². The first kappa shape index (κ1) is 8.98. The molecule has 70 valence electrons. The van der Waals surface area contributed by atoms with Gasteiger partial charge in [0.25, 0.3) is 5.91 Å². The van der Waals surface area contributed by atoms with Crippen molar-refractivity contribution in [3.63, 3.8) is 0 Å². The van der Waals surface area contributed by atoms with Crippen LogP contribution in [-0.2, 0) is 0 Å². The molecule has 0 saturated carbocycles. The Labute approximate surface area is 89.9 Å². The van der Waals surface area contributed by atoms with Crippen LogP contribution in [0, 0.1) is 0 Å². The molecule has 1 aromatic rings. The van der Waals surface area contributed by atoms with Crippen LogP contribution in [0.4, 0.5) is 0 Å². The zero-order valence-electron chi connectivity index (χ0n) is 7.03. The number of imidazole rings is 1. The molecule has 1 aromatic heterocycles. The van der Waals surface area contributed by atoms with Crippen molar-refractivity contribution in [2.45, 2.75) is 10.3 Å². The molecule has 0 bridgehead atoms. The highest BCUT2D eigenvalue weighted by Crippen LogP contribution is 2.18. The smallest absolute Gasteiger partial charge is 0.271 e. The van der Waals surface area contributed by atoms with Gasteiger partial charge in [-0.25, -0.2) is 4.98 Å². The molecule has 1 aliphatic rings. The van der Waals surface area contributed by atoms with Crippen molar-refractivity contribution in [1.82, 2.24) is 14.9 Å². The van der Waals surface area contributed by atoms with Gasteiger partial charge in [0.05, 0.1) is 12.5 Å². The van der Waals surface area contributed by atoms with E-state index in [1.165, 1.54) is 6.33 Å². The van der Waals surface area contributed by atoms with Gasteiger partial charge in [-0.1, -0.05) is 22.6 Å². The topological polar surface area (TPSA) is 49.0 Å². The predicted molar refractivity (Wildman–Crippen MR) is 56.9 cm³/mol. The van der Waals surface area contributed by atoms with Crippen molar-refractivity contribution in [1.29, 1.82) is 0 Å². The Morgan fingerprint density at radius 1 is 1.77 bits per heavy atom. The summed E-state index contributed by atoms with van der Waals surface area (Å²) in [6.07, 6.45) is 4.20. The lowest BCUT2D eigenvalue weighted by molar-refractivity contribution is 0.0788. The summed E-state index contributed by atoms with van der Waals surface area (Å²) >= 11 is 2.38. The fraction of sp³-hybridized carbons (Fsp3) is 0.500. The van der Waals surface area contributed by atoms with Gasteiger partial charge < -0.3 is 9.88 Å². The Morgan fingerprint density at radius 3 is 3.15 bits per heavy atom. The number of rotatable bonds is 1. The average molecular weight is 291 g/mol. The number of aromatic amines is 1. The number of hydrogen-bond donors (Lipinski definition) is 1. The maximum Gasteiger partial charge on any atom is 0.271 e. The Morgan fingerprint density at radius 2 is 2.62 bits per heavy atom. The summed E-state index contributed by atoms with van der Waals surface area (Å²) in [5.74, 6) is 0.0664. The number of alkyl halides is 1. The largest absolute Gasteiger partial charge is 0.341 e. The Balaban J connectivity index is 2.06. The first-order valence-electron chi connectivity index (χ1n) is 4.19. The second-order valence-electron chi connectivity index (χ2n) is 3.10. The van der Waals surface area contributed by atoms with Crippen LogP contribution < -0.4 is 0 Å². The lowest BCUT2D eigenvalue weighted by Crippen LogP contribution is -2.28. The number of nitrogens with one attached hydrogen (secondary N) is 1. The third-order valence-corrected chi connectivity index (χ3v) is 3.16. The normalized spacial score (nSPS) is 22.2. The number of aromatic nitrogens is 2. The van der Waals surface area contributed by atoms with Crippen LogP contribution in [0.1, 0.15) is 16.9 Å². The highest BCUT2D eigenvalue weighted by Gasteiger charge is 2.25. The summed E-state index contributed by atoms with van der Waals surface area (Å²) in [6.45, 7) is 1.73. The molecule has 0 radical (unpaired) electrons. The summed E-state index contributed by atoms with van der Waals surface area (Å²) in [4.78, 5) is 20.2. The molecule has 1 amide bonds. The summed E-state index contributed by atoms with van der Waals surface area (Å²) in [5, 5.41) is 0. The Hall–Kier alpha value is -0.590. The molecule has 1 saturated heterocycles. The minimum Gasteiger partial charge on any atom is -0.341 e. The van der Waals surface area contributed by atoms with Gasteiger partial charge in [0.2, 0.25) is 0 Å². The Kier molecular flexibility index (Phi) is 2.52. The van der Waals surface area contributed by atoms with Gasteiger partial charge in [0.15, 0.2) is 0 Å². The van der Waals surface area contributed by atoms with Crippen molar-refractivity contribution in [2.24, 2.45) is 0 Å². The van der Waals surface area contributed by atoms with E-state index in [4.69, 9.17) is 0 Å². The lowest BCUT2D eigenvalue weighted by Gasteiger charge is -2.13. The van der Waals surface area contributed by atoms with Gasteiger partial charge in [-0.2, -0.15) is 0 Å². The zero-order valence-corrected chi connectivity index (χ0v) is 9.19. The van der Waals surface area contributed by atoms with Gasteiger partial charge >= 0.3 is 0 Å². The van der Waals surface area contributed by atoms with Crippen molar-refractivity contribution in [3.05, 3.63) is 18.2 Å². The second kappa shape index (κ2) is 3.65. The molecule has 2 rings (SSSR count). The number of carbonyl (C=O) groups is 1. The number of likely N-dealkylation sites (tertiary alicyclic amines) is 1. The Bertz CT molecular complexity index is 298. The minimum absolute atomic E-state index is 0.0664. The maximum atomic E-state index is 11.7. The summed E-state index contributed by atoms with van der Waals surface area (Å²) in [7, 11) is 0. The van der Waals surface area contributed by atoms with Crippen molar-refractivity contribution in [2.75, 3.05) is 13.1 Å². The molecule has 4 nitrogen and oxygen atoms in total. The van der Waals surface area contributed by atoms with Crippen LogP contribution >= 0.6 is 22.6 Å². The zero-order chi connectivity index (χ0) is 9.26. The highest BCUT2D eigenvalue weighted by molar-refractivity contribution is 14.1. The average Bonchev–Trinajstić information content (AvgIpc) is 2.72. The van der Waals surface area contributed by atoms with E-state index >= 15 is 0 Å². The number of halogens is 1. The number of carbonyl (C=O) groups excluding carboxylic acids is 1. The van der Waals surface area contributed by atoms with Crippen LogP contribution in [0.15, 0.2) is 12.5 Å². The SMILES string of the molecule is O=C(c1cnc[nH]1)N1CCC(I)C1. The molecule has 0 aromatic carbocycles. The lowest BCUT2D eigenvalue weighted by atomic mass is 10.4. The van der Waals surface area contributed by atoms with E-state index in [-0.39, 0.29) is 5.91 Å². The van der Waals surface area contributed by atoms with Crippen LogP contribution in [0.2, 0.25) is 0 Å². The number of nitrogens with zero attached hydrogens (tertiary/aromatic N) is 2. The monoisotopic (exact) mass is 291 g/mol. The maximum absolute atomic E-state index is 11.7. The molecular weight excluding hydrogens is 281 g/mol. The van der Waals surface area contributed by atoms with E-state index in [9.17, 15) is 4.79 Å². The third kappa shape index (κ3) is 1.84. The van der Waals surface area contributed by atoms with Crippen LogP contribution in [0.5, 0.6) is 0 Å². The van der Waals surface area contributed by atoms with E-state index < -0.39 is 0 Å². The van der Waals surface area contributed by atoms with E-state index in [0.29, 0.717) is 9.62 Å². The van der Waals surface area contributed by atoms with Gasteiger partial charge in [-0.15, -0.1) is 0 Å². The molecule has 0 aliphatic carbocycles. The molecule has 1 unspecified atom stereocenters. The van der Waals surface area contributed by atoms with Gasteiger partial charge in [0.1, 0.15) is 5.69 Å². The van der Waals surface area contributed by atoms with Crippen LogP contribution in [0.3, 0.4) is 0 Å². The molecule has 5 heteroatoms. The van der Waals surface area contributed by atoms with Gasteiger partial charge in [-0.3, -0.25) is 4.79 Å². The molecule has 13 heavy (non-hydrogen) atoms. The molecule has 1 N–H and O–H groups in total. The van der Waals surface area contributed by atoms with Crippen molar-refractivity contribution in [3.8, 4) is 0 Å². The third-order valence-electron chi connectivity index (χ3n) is 2.15. The minimum atomic E-state index is 0.0664. The molecular formula is C8H10IN3O. The fourth-order valence-corrected chi connectivity index (χ4v) is 2.20. The summed E-state index contributed by atoms with van der Waals surface area (Å²) in [5.41, 5.74) is 0.588. The molecule has 1 atom stereocenters. The predicted octanol–water partition coefficient (Wildman–Crippen LogP) is 1.06. The van der Waals surface area contributed by atoms with Crippen LogP contribution in [-0.4, -0.2) is 37.8 Å².